The van der Waals surface area contributed by atoms with Crippen molar-refractivity contribution in [3.05, 3.63) is 52.4 Å². The van der Waals surface area contributed by atoms with Crippen LogP contribution in [0.1, 0.15) is 31.1 Å². The van der Waals surface area contributed by atoms with Crippen molar-refractivity contribution in [1.82, 2.24) is 0 Å². The minimum atomic E-state index is 0.162. The second kappa shape index (κ2) is 6.24. The van der Waals surface area contributed by atoms with E-state index in [0.717, 1.165) is 23.2 Å². The van der Waals surface area contributed by atoms with Gasteiger partial charge in [-0.1, -0.05) is 22.0 Å². The van der Waals surface area contributed by atoms with Crippen molar-refractivity contribution in [2.24, 2.45) is 5.73 Å². The summed E-state index contributed by atoms with van der Waals surface area (Å²) < 4.78 is 6.64. The maximum absolute atomic E-state index is 6.01. The Morgan fingerprint density at radius 1 is 1.38 bits per heavy atom. The summed E-state index contributed by atoms with van der Waals surface area (Å²) in [6.07, 6.45) is 5.14. The maximum atomic E-state index is 6.01. The highest BCUT2D eigenvalue weighted by atomic mass is 79.9. The predicted molar refractivity (Wildman–Crippen MR) is 89.4 cm³/mol. The van der Waals surface area contributed by atoms with Gasteiger partial charge in [0.15, 0.2) is 0 Å². The molecule has 1 aliphatic carbocycles. The lowest BCUT2D eigenvalue weighted by Gasteiger charge is -2.27. The van der Waals surface area contributed by atoms with Gasteiger partial charge in [0.05, 0.1) is 12.8 Å². The average molecular weight is 349 g/mol. The Morgan fingerprint density at radius 2 is 2.19 bits per heavy atom. The second-order valence-corrected chi connectivity index (χ2v) is 6.81. The van der Waals surface area contributed by atoms with Crippen LogP contribution in [0.25, 0.3) is 0 Å². The standard InChI is InChI=1S/C17H21BrN2O/c1-12(19)9-13-4-5-14(18)10-17(13)20(15-6-7-15)11-16-3-2-8-21-16/h2-5,8,10,12,15H,6-7,9,11,19H2,1H3. The molecule has 1 aromatic carbocycles. The van der Waals surface area contributed by atoms with E-state index in [-0.39, 0.29) is 6.04 Å². The normalized spacial score (nSPS) is 16.0. The first-order chi connectivity index (χ1) is 10.1. The summed E-state index contributed by atoms with van der Waals surface area (Å²) in [7, 11) is 0. The van der Waals surface area contributed by atoms with Gasteiger partial charge in [0.25, 0.3) is 0 Å². The van der Waals surface area contributed by atoms with Gasteiger partial charge in [-0.25, -0.2) is 0 Å². The Balaban J connectivity index is 1.92. The Bertz CT molecular complexity index is 591. The largest absolute Gasteiger partial charge is 0.467 e. The van der Waals surface area contributed by atoms with Crippen LogP contribution in [0.3, 0.4) is 0 Å². The fraction of sp³-hybridized carbons (Fsp3) is 0.412. The molecular formula is C17H21BrN2O. The molecule has 2 aromatic rings. The van der Waals surface area contributed by atoms with Gasteiger partial charge in [0, 0.05) is 22.2 Å². The van der Waals surface area contributed by atoms with Crippen LogP contribution >= 0.6 is 15.9 Å². The smallest absolute Gasteiger partial charge is 0.123 e. The number of hydrogen-bond acceptors (Lipinski definition) is 3. The quantitative estimate of drug-likeness (QED) is 0.854. The van der Waals surface area contributed by atoms with E-state index < -0.39 is 0 Å². The summed E-state index contributed by atoms with van der Waals surface area (Å²) in [5.41, 5.74) is 8.60. The van der Waals surface area contributed by atoms with Crippen molar-refractivity contribution in [3.63, 3.8) is 0 Å². The molecule has 0 aliphatic heterocycles. The van der Waals surface area contributed by atoms with E-state index in [2.05, 4.69) is 46.0 Å². The molecule has 21 heavy (non-hydrogen) atoms. The van der Waals surface area contributed by atoms with E-state index in [1.807, 2.05) is 12.1 Å². The maximum Gasteiger partial charge on any atom is 0.123 e. The zero-order chi connectivity index (χ0) is 14.8. The number of anilines is 1. The van der Waals surface area contributed by atoms with Gasteiger partial charge in [-0.2, -0.15) is 0 Å². The topological polar surface area (TPSA) is 42.4 Å². The monoisotopic (exact) mass is 348 g/mol. The number of benzene rings is 1. The van der Waals surface area contributed by atoms with E-state index in [0.29, 0.717) is 6.04 Å². The fourth-order valence-electron chi connectivity index (χ4n) is 2.69. The Morgan fingerprint density at radius 3 is 2.81 bits per heavy atom. The van der Waals surface area contributed by atoms with Crippen LogP contribution in [-0.2, 0) is 13.0 Å². The molecule has 0 bridgehead atoms. The number of halogens is 1. The van der Waals surface area contributed by atoms with Crippen LogP contribution < -0.4 is 10.6 Å². The molecular weight excluding hydrogens is 328 g/mol. The Kier molecular flexibility index (Phi) is 4.36. The third-order valence-electron chi connectivity index (χ3n) is 3.79. The highest BCUT2D eigenvalue weighted by Crippen LogP contribution is 2.36. The number of furan rings is 1. The van der Waals surface area contributed by atoms with Crippen LogP contribution in [0.5, 0.6) is 0 Å². The summed E-state index contributed by atoms with van der Waals surface area (Å²) in [5.74, 6) is 1.01. The lowest BCUT2D eigenvalue weighted by atomic mass is 10.0. The molecule has 0 radical (unpaired) electrons. The zero-order valence-electron chi connectivity index (χ0n) is 12.3. The molecule has 0 saturated heterocycles. The van der Waals surface area contributed by atoms with Gasteiger partial charge in [-0.3, -0.25) is 0 Å². The van der Waals surface area contributed by atoms with Crippen LogP contribution in [0, 0.1) is 0 Å². The fourth-order valence-corrected chi connectivity index (χ4v) is 3.04. The van der Waals surface area contributed by atoms with Crippen LogP contribution in [0.2, 0.25) is 0 Å². The Hall–Kier alpha value is -1.26. The molecule has 1 aromatic heterocycles. The van der Waals surface area contributed by atoms with E-state index in [4.69, 9.17) is 10.2 Å². The molecule has 112 valence electrons. The number of nitrogens with two attached hydrogens (primary N) is 1. The van der Waals surface area contributed by atoms with Gasteiger partial charge >= 0.3 is 0 Å². The van der Waals surface area contributed by atoms with Crippen molar-refractivity contribution < 1.29 is 4.42 Å². The summed E-state index contributed by atoms with van der Waals surface area (Å²) in [4.78, 5) is 2.46. The summed E-state index contributed by atoms with van der Waals surface area (Å²) >= 11 is 3.60. The number of hydrogen-bond donors (Lipinski definition) is 1. The molecule has 2 N–H and O–H groups in total. The third kappa shape index (κ3) is 3.69. The highest BCUT2D eigenvalue weighted by Gasteiger charge is 2.31. The molecule has 1 fully saturated rings. The number of rotatable bonds is 6. The van der Waals surface area contributed by atoms with Crippen molar-refractivity contribution in [2.45, 2.75) is 44.8 Å². The van der Waals surface area contributed by atoms with E-state index in [1.165, 1.54) is 24.1 Å². The molecule has 1 atom stereocenters. The molecule has 3 rings (SSSR count). The average Bonchev–Trinajstić information content (AvgIpc) is 3.15. The van der Waals surface area contributed by atoms with Crippen LogP contribution in [0.15, 0.2) is 45.5 Å². The summed E-state index contributed by atoms with van der Waals surface area (Å²) in [5, 5.41) is 0. The molecule has 1 unspecified atom stereocenters. The molecule has 0 spiro atoms. The van der Waals surface area contributed by atoms with Crippen molar-refractivity contribution in [2.75, 3.05) is 4.90 Å². The lowest BCUT2D eigenvalue weighted by Crippen LogP contribution is -2.27. The van der Waals surface area contributed by atoms with E-state index >= 15 is 0 Å². The molecule has 1 saturated carbocycles. The minimum absolute atomic E-state index is 0.162. The van der Waals surface area contributed by atoms with Crippen molar-refractivity contribution >= 4 is 21.6 Å². The lowest BCUT2D eigenvalue weighted by molar-refractivity contribution is 0.500. The van der Waals surface area contributed by atoms with Crippen LogP contribution in [0.4, 0.5) is 5.69 Å². The highest BCUT2D eigenvalue weighted by molar-refractivity contribution is 9.10. The molecule has 3 nitrogen and oxygen atoms in total. The molecule has 1 aliphatic rings. The zero-order valence-corrected chi connectivity index (χ0v) is 13.8. The van der Waals surface area contributed by atoms with Crippen molar-refractivity contribution in [3.8, 4) is 0 Å². The number of nitrogens with zero attached hydrogens (tertiary/aromatic N) is 1. The van der Waals surface area contributed by atoms with Crippen LogP contribution in [-0.4, -0.2) is 12.1 Å². The Labute approximate surface area is 134 Å². The predicted octanol–water partition coefficient (Wildman–Crippen LogP) is 4.10. The third-order valence-corrected chi connectivity index (χ3v) is 4.29. The van der Waals surface area contributed by atoms with Crippen molar-refractivity contribution in [1.29, 1.82) is 0 Å². The second-order valence-electron chi connectivity index (χ2n) is 5.89. The summed E-state index contributed by atoms with van der Waals surface area (Å²) in [6.45, 7) is 2.87. The minimum Gasteiger partial charge on any atom is -0.467 e. The first-order valence-corrected chi connectivity index (χ1v) is 8.26. The summed E-state index contributed by atoms with van der Waals surface area (Å²) in [6, 6.07) is 11.3. The first kappa shape index (κ1) is 14.7. The van der Waals surface area contributed by atoms with E-state index in [9.17, 15) is 0 Å². The van der Waals surface area contributed by atoms with Gasteiger partial charge in [0.1, 0.15) is 5.76 Å². The SMILES string of the molecule is CC(N)Cc1ccc(Br)cc1N(Cc1ccco1)C1CC1. The van der Waals surface area contributed by atoms with Gasteiger partial charge in [-0.15, -0.1) is 0 Å². The van der Waals surface area contributed by atoms with Gasteiger partial charge in [-0.05, 0) is 56.0 Å². The molecule has 1 heterocycles. The van der Waals surface area contributed by atoms with E-state index in [1.54, 1.807) is 6.26 Å². The van der Waals surface area contributed by atoms with Gasteiger partial charge < -0.3 is 15.1 Å². The molecule has 0 amide bonds. The molecule has 4 heteroatoms. The van der Waals surface area contributed by atoms with Gasteiger partial charge in [0.2, 0.25) is 0 Å². The first-order valence-electron chi connectivity index (χ1n) is 7.46.